The summed E-state index contributed by atoms with van der Waals surface area (Å²) in [5.74, 6) is 1.14. The van der Waals surface area contributed by atoms with E-state index in [9.17, 15) is 5.11 Å². The van der Waals surface area contributed by atoms with Gasteiger partial charge in [0.2, 0.25) is 0 Å². The molecule has 2 aromatic rings. The number of phenols is 1. The average molecular weight is 257 g/mol. The first kappa shape index (κ1) is 13.3. The van der Waals surface area contributed by atoms with E-state index in [-0.39, 0.29) is 11.8 Å². The quantitative estimate of drug-likeness (QED) is 0.817. The fourth-order valence-electron chi connectivity index (χ4n) is 2.04. The van der Waals surface area contributed by atoms with Crippen LogP contribution in [0.1, 0.15) is 24.1 Å². The molecule has 0 bridgehead atoms. The van der Waals surface area contributed by atoms with Crippen LogP contribution in [0.15, 0.2) is 42.5 Å². The van der Waals surface area contributed by atoms with Crippen molar-refractivity contribution in [3.63, 3.8) is 0 Å². The third-order valence-electron chi connectivity index (χ3n) is 3.18. The molecule has 1 unspecified atom stereocenters. The van der Waals surface area contributed by atoms with Crippen LogP contribution in [0.3, 0.4) is 0 Å². The Balaban J connectivity index is 2.17. The topological polar surface area (TPSA) is 41.5 Å². The third kappa shape index (κ3) is 3.19. The zero-order valence-electron chi connectivity index (χ0n) is 11.5. The van der Waals surface area contributed by atoms with Gasteiger partial charge in [-0.1, -0.05) is 12.1 Å². The Morgan fingerprint density at radius 1 is 1.16 bits per heavy atom. The molecule has 2 aromatic carbocycles. The number of nitrogens with one attached hydrogen (secondary N) is 1. The summed E-state index contributed by atoms with van der Waals surface area (Å²) >= 11 is 0. The van der Waals surface area contributed by atoms with E-state index < -0.39 is 0 Å². The van der Waals surface area contributed by atoms with Crippen LogP contribution < -0.4 is 10.1 Å². The van der Waals surface area contributed by atoms with Gasteiger partial charge in [0.25, 0.3) is 0 Å². The Morgan fingerprint density at radius 3 is 2.63 bits per heavy atom. The van der Waals surface area contributed by atoms with Crippen molar-refractivity contribution in [3.8, 4) is 11.5 Å². The SMILES string of the molecule is COc1cccc(C(C)Nc2ccc(O)cc2C)c1. The van der Waals surface area contributed by atoms with E-state index in [4.69, 9.17) is 4.74 Å². The second-order valence-corrected chi connectivity index (χ2v) is 4.64. The van der Waals surface area contributed by atoms with E-state index in [1.807, 2.05) is 31.2 Å². The van der Waals surface area contributed by atoms with Gasteiger partial charge in [0, 0.05) is 11.7 Å². The number of anilines is 1. The lowest BCUT2D eigenvalue weighted by molar-refractivity contribution is 0.414. The summed E-state index contributed by atoms with van der Waals surface area (Å²) in [6, 6.07) is 13.5. The number of aryl methyl sites for hydroxylation is 1. The molecule has 0 radical (unpaired) electrons. The second kappa shape index (κ2) is 5.65. The molecule has 2 N–H and O–H groups in total. The lowest BCUT2D eigenvalue weighted by Gasteiger charge is -2.18. The van der Waals surface area contributed by atoms with Crippen LogP contribution in [0, 0.1) is 6.92 Å². The Hall–Kier alpha value is -2.16. The Bertz CT molecular complexity index is 566. The maximum absolute atomic E-state index is 9.41. The maximum Gasteiger partial charge on any atom is 0.119 e. The van der Waals surface area contributed by atoms with Gasteiger partial charge in [-0.25, -0.2) is 0 Å². The lowest BCUT2D eigenvalue weighted by Crippen LogP contribution is -2.07. The van der Waals surface area contributed by atoms with Gasteiger partial charge < -0.3 is 15.2 Å². The molecular weight excluding hydrogens is 238 g/mol. The highest BCUT2D eigenvalue weighted by Crippen LogP contribution is 2.26. The summed E-state index contributed by atoms with van der Waals surface area (Å²) in [6.45, 7) is 4.07. The minimum Gasteiger partial charge on any atom is -0.508 e. The van der Waals surface area contributed by atoms with Gasteiger partial charge in [0.1, 0.15) is 11.5 Å². The molecule has 19 heavy (non-hydrogen) atoms. The van der Waals surface area contributed by atoms with Crippen LogP contribution in [-0.4, -0.2) is 12.2 Å². The van der Waals surface area contributed by atoms with Crippen LogP contribution in [0.25, 0.3) is 0 Å². The maximum atomic E-state index is 9.41. The second-order valence-electron chi connectivity index (χ2n) is 4.64. The van der Waals surface area contributed by atoms with Gasteiger partial charge in [-0.2, -0.15) is 0 Å². The monoisotopic (exact) mass is 257 g/mol. The van der Waals surface area contributed by atoms with E-state index in [1.54, 1.807) is 19.2 Å². The van der Waals surface area contributed by atoms with Crippen LogP contribution in [0.4, 0.5) is 5.69 Å². The molecule has 0 aromatic heterocycles. The average Bonchev–Trinajstić information content (AvgIpc) is 2.42. The predicted octanol–water partition coefficient (Wildman–Crippen LogP) is 3.88. The number of hydrogen-bond donors (Lipinski definition) is 2. The summed E-state index contributed by atoms with van der Waals surface area (Å²) < 4.78 is 5.23. The highest BCUT2D eigenvalue weighted by Gasteiger charge is 2.08. The van der Waals surface area contributed by atoms with Crippen molar-refractivity contribution in [1.29, 1.82) is 0 Å². The fourth-order valence-corrected chi connectivity index (χ4v) is 2.04. The fraction of sp³-hybridized carbons (Fsp3) is 0.250. The molecule has 0 saturated carbocycles. The van der Waals surface area contributed by atoms with Crippen molar-refractivity contribution in [1.82, 2.24) is 0 Å². The molecule has 0 spiro atoms. The number of methoxy groups -OCH3 is 1. The molecule has 0 amide bonds. The molecule has 1 atom stereocenters. The van der Waals surface area contributed by atoms with Crippen molar-refractivity contribution in [3.05, 3.63) is 53.6 Å². The Morgan fingerprint density at radius 2 is 1.95 bits per heavy atom. The zero-order chi connectivity index (χ0) is 13.8. The van der Waals surface area contributed by atoms with Crippen LogP contribution in [-0.2, 0) is 0 Å². The highest BCUT2D eigenvalue weighted by atomic mass is 16.5. The Labute approximate surface area is 113 Å². The molecular formula is C16H19NO2. The molecule has 3 heteroatoms. The van der Waals surface area contributed by atoms with Crippen molar-refractivity contribution < 1.29 is 9.84 Å². The number of phenolic OH excluding ortho intramolecular Hbond substituents is 1. The normalized spacial score (nSPS) is 11.9. The van der Waals surface area contributed by atoms with Gasteiger partial charge in [0.15, 0.2) is 0 Å². The number of hydrogen-bond acceptors (Lipinski definition) is 3. The van der Waals surface area contributed by atoms with Gasteiger partial charge in [-0.3, -0.25) is 0 Å². The Kier molecular flexibility index (Phi) is 3.95. The first-order chi connectivity index (χ1) is 9.10. The number of benzene rings is 2. The molecule has 0 heterocycles. The largest absolute Gasteiger partial charge is 0.508 e. The first-order valence-corrected chi connectivity index (χ1v) is 6.30. The summed E-state index contributed by atoms with van der Waals surface area (Å²) in [5, 5.41) is 12.9. The summed E-state index contributed by atoms with van der Waals surface area (Å²) in [5.41, 5.74) is 3.20. The van der Waals surface area contributed by atoms with E-state index in [0.717, 1.165) is 22.6 Å². The molecule has 0 aliphatic heterocycles. The molecule has 0 aliphatic carbocycles. The molecule has 2 rings (SSSR count). The van der Waals surface area contributed by atoms with Crippen LogP contribution in [0.2, 0.25) is 0 Å². The minimum atomic E-state index is 0.165. The van der Waals surface area contributed by atoms with Gasteiger partial charge in [-0.05, 0) is 55.3 Å². The van der Waals surface area contributed by atoms with Crippen LogP contribution in [0.5, 0.6) is 11.5 Å². The summed E-state index contributed by atoms with van der Waals surface area (Å²) in [4.78, 5) is 0. The molecule has 3 nitrogen and oxygen atoms in total. The first-order valence-electron chi connectivity index (χ1n) is 6.30. The van der Waals surface area contributed by atoms with Crippen molar-refractivity contribution in [2.24, 2.45) is 0 Å². The predicted molar refractivity (Wildman–Crippen MR) is 77.9 cm³/mol. The van der Waals surface area contributed by atoms with Crippen molar-refractivity contribution in [2.75, 3.05) is 12.4 Å². The molecule has 0 aliphatic rings. The van der Waals surface area contributed by atoms with Gasteiger partial charge in [0.05, 0.1) is 7.11 Å². The number of aromatic hydroxyl groups is 1. The minimum absolute atomic E-state index is 0.165. The van der Waals surface area contributed by atoms with E-state index in [2.05, 4.69) is 18.3 Å². The standard InChI is InChI=1S/C16H19NO2/c1-11-9-14(18)7-8-16(11)17-12(2)13-5-4-6-15(10-13)19-3/h4-10,12,17-18H,1-3H3. The van der Waals surface area contributed by atoms with E-state index in [1.165, 1.54) is 0 Å². The smallest absolute Gasteiger partial charge is 0.119 e. The van der Waals surface area contributed by atoms with Crippen molar-refractivity contribution in [2.45, 2.75) is 19.9 Å². The van der Waals surface area contributed by atoms with Crippen molar-refractivity contribution >= 4 is 5.69 Å². The molecule has 100 valence electrons. The van der Waals surface area contributed by atoms with Gasteiger partial charge in [-0.15, -0.1) is 0 Å². The zero-order valence-corrected chi connectivity index (χ0v) is 11.5. The molecule has 0 saturated heterocycles. The number of rotatable bonds is 4. The lowest BCUT2D eigenvalue weighted by atomic mass is 10.1. The van der Waals surface area contributed by atoms with E-state index >= 15 is 0 Å². The summed E-state index contributed by atoms with van der Waals surface area (Å²) in [7, 11) is 1.67. The van der Waals surface area contributed by atoms with Gasteiger partial charge >= 0.3 is 0 Å². The van der Waals surface area contributed by atoms with E-state index in [0.29, 0.717) is 0 Å². The highest BCUT2D eigenvalue weighted by molar-refractivity contribution is 5.54. The van der Waals surface area contributed by atoms with Crippen LogP contribution >= 0.6 is 0 Å². The summed E-state index contributed by atoms with van der Waals surface area (Å²) in [6.07, 6.45) is 0. The number of ether oxygens (including phenoxy) is 1. The third-order valence-corrected chi connectivity index (χ3v) is 3.18. The molecule has 0 fully saturated rings.